The Kier molecular flexibility index (Phi) is 6.89. The lowest BCUT2D eigenvalue weighted by molar-refractivity contribution is -0.138. The third kappa shape index (κ3) is 5.62. The van der Waals surface area contributed by atoms with Crippen LogP contribution in [0.1, 0.15) is 58.8 Å². The number of likely N-dealkylation sites (tertiary alicyclic amines) is 1. The zero-order valence-corrected chi connectivity index (χ0v) is 12.2. The molecule has 1 aliphatic heterocycles. The van der Waals surface area contributed by atoms with Gasteiger partial charge < -0.3 is 10.0 Å². The second-order valence-corrected chi connectivity index (χ2v) is 5.77. The number of carboxylic acids is 1. The van der Waals surface area contributed by atoms with Gasteiger partial charge in [-0.15, -0.1) is 0 Å². The molecule has 0 saturated carbocycles. The Morgan fingerprint density at radius 1 is 1.37 bits per heavy atom. The molecule has 2 atom stereocenters. The lowest BCUT2D eigenvalue weighted by Crippen LogP contribution is -2.41. The van der Waals surface area contributed by atoms with Crippen LogP contribution in [0, 0.1) is 11.8 Å². The van der Waals surface area contributed by atoms with E-state index in [1.54, 1.807) is 0 Å². The van der Waals surface area contributed by atoms with Gasteiger partial charge in [-0.25, -0.2) is 0 Å². The molecule has 0 aromatic rings. The Bertz CT molecular complexity index is 304. The van der Waals surface area contributed by atoms with E-state index in [0.29, 0.717) is 12.3 Å². The molecule has 1 rings (SSSR count). The van der Waals surface area contributed by atoms with Crippen LogP contribution in [0.5, 0.6) is 0 Å². The molecule has 0 spiro atoms. The van der Waals surface area contributed by atoms with Gasteiger partial charge in [0.25, 0.3) is 0 Å². The number of hydrogen-bond acceptors (Lipinski definition) is 2. The van der Waals surface area contributed by atoms with Crippen LogP contribution in [0.25, 0.3) is 0 Å². The van der Waals surface area contributed by atoms with Crippen molar-refractivity contribution >= 4 is 11.9 Å². The minimum atomic E-state index is -0.737. The van der Waals surface area contributed by atoms with E-state index in [-0.39, 0.29) is 18.2 Å². The Morgan fingerprint density at radius 2 is 2.11 bits per heavy atom. The number of piperidine rings is 1. The van der Waals surface area contributed by atoms with E-state index >= 15 is 0 Å². The van der Waals surface area contributed by atoms with Crippen molar-refractivity contribution in [2.24, 2.45) is 11.8 Å². The summed E-state index contributed by atoms with van der Waals surface area (Å²) < 4.78 is 0. The number of carbonyl (C=O) groups is 2. The molecule has 0 radical (unpaired) electrons. The number of rotatable bonds is 7. The highest BCUT2D eigenvalue weighted by atomic mass is 16.4. The third-order valence-electron chi connectivity index (χ3n) is 4.11. The van der Waals surface area contributed by atoms with Gasteiger partial charge in [0.05, 0.1) is 0 Å². The Balaban J connectivity index is 2.40. The minimum Gasteiger partial charge on any atom is -0.481 e. The molecular formula is C15H27NO3. The molecule has 0 bridgehead atoms. The van der Waals surface area contributed by atoms with E-state index in [2.05, 4.69) is 6.92 Å². The summed E-state index contributed by atoms with van der Waals surface area (Å²) in [7, 11) is 0. The topological polar surface area (TPSA) is 57.6 Å². The van der Waals surface area contributed by atoms with E-state index in [0.717, 1.165) is 45.2 Å². The molecule has 2 unspecified atom stereocenters. The first-order valence-electron chi connectivity index (χ1n) is 7.54. The van der Waals surface area contributed by atoms with Crippen molar-refractivity contribution < 1.29 is 14.7 Å². The molecule has 0 aliphatic carbocycles. The van der Waals surface area contributed by atoms with Gasteiger partial charge in [-0.3, -0.25) is 9.59 Å². The van der Waals surface area contributed by atoms with Gasteiger partial charge in [0.2, 0.25) is 5.91 Å². The van der Waals surface area contributed by atoms with Gasteiger partial charge >= 0.3 is 5.97 Å². The fraction of sp³-hybridized carbons (Fsp3) is 0.867. The number of carbonyl (C=O) groups excluding carboxylic acids is 1. The summed E-state index contributed by atoms with van der Waals surface area (Å²) in [5, 5.41) is 8.85. The highest BCUT2D eigenvalue weighted by molar-refractivity contribution is 5.76. The summed E-state index contributed by atoms with van der Waals surface area (Å²) in [5.74, 6) is 0.0169. The predicted molar refractivity (Wildman–Crippen MR) is 74.9 cm³/mol. The summed E-state index contributed by atoms with van der Waals surface area (Å²) in [4.78, 5) is 24.8. The Hall–Kier alpha value is -1.06. The summed E-state index contributed by atoms with van der Waals surface area (Å²) in [6.07, 6.45) is 6.13. The molecule has 110 valence electrons. The molecule has 19 heavy (non-hydrogen) atoms. The summed E-state index contributed by atoms with van der Waals surface area (Å²) in [5.41, 5.74) is 0. The van der Waals surface area contributed by atoms with E-state index in [1.807, 2.05) is 11.8 Å². The SMILES string of the molecule is CCCCCC(=O)N1CCCC(C(C)CC(=O)O)C1. The fourth-order valence-corrected chi connectivity index (χ4v) is 2.83. The normalized spacial score (nSPS) is 21.2. The van der Waals surface area contributed by atoms with Crippen molar-refractivity contribution in [3.05, 3.63) is 0 Å². The smallest absolute Gasteiger partial charge is 0.303 e. The van der Waals surface area contributed by atoms with Crippen LogP contribution < -0.4 is 0 Å². The van der Waals surface area contributed by atoms with Gasteiger partial charge in [0.1, 0.15) is 0 Å². The van der Waals surface area contributed by atoms with Crippen molar-refractivity contribution in [1.29, 1.82) is 0 Å². The molecular weight excluding hydrogens is 242 g/mol. The van der Waals surface area contributed by atoms with Crippen molar-refractivity contribution in [2.45, 2.75) is 58.8 Å². The van der Waals surface area contributed by atoms with Crippen molar-refractivity contribution in [3.63, 3.8) is 0 Å². The van der Waals surface area contributed by atoms with Gasteiger partial charge in [0.15, 0.2) is 0 Å². The van der Waals surface area contributed by atoms with Gasteiger partial charge in [0, 0.05) is 25.9 Å². The molecule has 1 saturated heterocycles. The van der Waals surface area contributed by atoms with E-state index in [4.69, 9.17) is 5.11 Å². The lowest BCUT2D eigenvalue weighted by atomic mass is 9.84. The molecule has 0 aromatic carbocycles. The zero-order chi connectivity index (χ0) is 14.3. The van der Waals surface area contributed by atoms with Crippen LogP contribution in [0.15, 0.2) is 0 Å². The standard InChI is InChI=1S/C15H27NO3/c1-3-4-5-8-14(17)16-9-6-7-13(11-16)12(2)10-15(18)19/h12-13H,3-11H2,1-2H3,(H,18,19). The van der Waals surface area contributed by atoms with Crippen molar-refractivity contribution in [2.75, 3.05) is 13.1 Å². The number of amides is 1. The maximum atomic E-state index is 12.1. The van der Waals surface area contributed by atoms with Crippen LogP contribution in [0.2, 0.25) is 0 Å². The van der Waals surface area contributed by atoms with Crippen LogP contribution in [0.4, 0.5) is 0 Å². The quantitative estimate of drug-likeness (QED) is 0.723. The molecule has 1 fully saturated rings. The van der Waals surface area contributed by atoms with Gasteiger partial charge in [-0.2, -0.15) is 0 Å². The van der Waals surface area contributed by atoms with Crippen LogP contribution in [-0.2, 0) is 9.59 Å². The summed E-state index contributed by atoms with van der Waals surface area (Å²) >= 11 is 0. The molecule has 4 heteroatoms. The summed E-state index contributed by atoms with van der Waals surface area (Å²) in [6.45, 7) is 5.72. The highest BCUT2D eigenvalue weighted by Gasteiger charge is 2.27. The molecule has 1 amide bonds. The Labute approximate surface area is 116 Å². The number of hydrogen-bond donors (Lipinski definition) is 1. The largest absolute Gasteiger partial charge is 0.481 e. The second-order valence-electron chi connectivity index (χ2n) is 5.77. The average molecular weight is 269 g/mol. The predicted octanol–water partition coefficient (Wildman–Crippen LogP) is 2.92. The fourth-order valence-electron chi connectivity index (χ4n) is 2.83. The average Bonchev–Trinajstić information content (AvgIpc) is 2.38. The van der Waals surface area contributed by atoms with Gasteiger partial charge in [-0.05, 0) is 31.1 Å². The summed E-state index contributed by atoms with van der Waals surface area (Å²) in [6, 6.07) is 0. The van der Waals surface area contributed by atoms with E-state index in [9.17, 15) is 9.59 Å². The minimum absolute atomic E-state index is 0.156. The second kappa shape index (κ2) is 8.18. The maximum absolute atomic E-state index is 12.1. The lowest BCUT2D eigenvalue weighted by Gasteiger charge is -2.35. The third-order valence-corrected chi connectivity index (χ3v) is 4.11. The molecule has 0 aromatic heterocycles. The van der Waals surface area contributed by atoms with E-state index < -0.39 is 5.97 Å². The van der Waals surface area contributed by atoms with Crippen molar-refractivity contribution in [1.82, 2.24) is 4.90 Å². The monoisotopic (exact) mass is 269 g/mol. The zero-order valence-electron chi connectivity index (χ0n) is 12.2. The molecule has 1 N–H and O–H groups in total. The first kappa shape index (κ1) is 16.0. The highest BCUT2D eigenvalue weighted by Crippen LogP contribution is 2.26. The number of nitrogens with zero attached hydrogens (tertiary/aromatic N) is 1. The first-order valence-corrected chi connectivity index (χ1v) is 7.54. The van der Waals surface area contributed by atoms with Gasteiger partial charge in [-0.1, -0.05) is 26.7 Å². The first-order chi connectivity index (χ1) is 9.04. The van der Waals surface area contributed by atoms with Crippen LogP contribution in [0.3, 0.4) is 0 Å². The van der Waals surface area contributed by atoms with E-state index in [1.165, 1.54) is 0 Å². The molecule has 4 nitrogen and oxygen atoms in total. The molecule has 1 heterocycles. The van der Waals surface area contributed by atoms with Crippen LogP contribution in [-0.4, -0.2) is 35.0 Å². The Morgan fingerprint density at radius 3 is 2.74 bits per heavy atom. The number of unbranched alkanes of at least 4 members (excludes halogenated alkanes) is 2. The number of carboxylic acid groups (broad SMARTS) is 1. The maximum Gasteiger partial charge on any atom is 0.303 e. The molecule has 1 aliphatic rings. The number of aliphatic carboxylic acids is 1. The van der Waals surface area contributed by atoms with Crippen LogP contribution >= 0.6 is 0 Å². The van der Waals surface area contributed by atoms with Crippen molar-refractivity contribution in [3.8, 4) is 0 Å².